The molecule has 0 heterocycles. The van der Waals surface area contributed by atoms with Gasteiger partial charge in [0, 0.05) is 6.54 Å². The monoisotopic (exact) mass is 300 g/mol. The minimum absolute atomic E-state index is 0.151. The highest BCUT2D eigenvalue weighted by Gasteiger charge is 2.21. The predicted octanol–water partition coefficient (Wildman–Crippen LogP) is 3.05. The van der Waals surface area contributed by atoms with Crippen LogP contribution in [0.5, 0.6) is 0 Å². The molecule has 0 spiro atoms. The first-order chi connectivity index (χ1) is 10.5. The minimum atomic E-state index is -0.404. The van der Waals surface area contributed by atoms with Crippen molar-refractivity contribution in [2.75, 3.05) is 6.54 Å². The lowest BCUT2D eigenvalue weighted by Crippen LogP contribution is -2.35. The first kappa shape index (κ1) is 16.2. The second-order valence-electron chi connectivity index (χ2n) is 5.44. The van der Waals surface area contributed by atoms with Crippen LogP contribution in [0, 0.1) is 12.7 Å². The van der Waals surface area contributed by atoms with E-state index in [9.17, 15) is 9.18 Å². The zero-order valence-electron chi connectivity index (χ0n) is 12.8. The van der Waals surface area contributed by atoms with Gasteiger partial charge in [-0.05, 0) is 36.6 Å². The molecule has 2 atom stereocenters. The number of aryl methyl sites for hydroxylation is 1. The molecule has 1 amide bonds. The Balaban J connectivity index is 2.11. The molecule has 2 rings (SSSR count). The summed E-state index contributed by atoms with van der Waals surface area (Å²) in [5.41, 5.74) is 7.95. The fraction of sp³-hybridized carbons (Fsp3) is 0.278. The molecule has 0 radical (unpaired) electrons. The Labute approximate surface area is 130 Å². The number of carbonyl (C=O) groups is 1. The van der Waals surface area contributed by atoms with E-state index in [1.54, 1.807) is 13.0 Å². The number of rotatable bonds is 5. The van der Waals surface area contributed by atoms with Crippen molar-refractivity contribution >= 4 is 5.91 Å². The number of carbonyl (C=O) groups excluding carboxylic acids is 1. The van der Waals surface area contributed by atoms with Crippen molar-refractivity contribution in [2.24, 2.45) is 5.73 Å². The molecule has 4 heteroatoms. The molecule has 0 aromatic heterocycles. The first-order valence-corrected chi connectivity index (χ1v) is 7.34. The fourth-order valence-electron chi connectivity index (χ4n) is 2.36. The lowest BCUT2D eigenvalue weighted by Gasteiger charge is -2.20. The Morgan fingerprint density at radius 2 is 1.86 bits per heavy atom. The van der Waals surface area contributed by atoms with Crippen LogP contribution < -0.4 is 11.1 Å². The summed E-state index contributed by atoms with van der Waals surface area (Å²) in [5, 5.41) is 2.91. The van der Waals surface area contributed by atoms with Crippen LogP contribution in [0.2, 0.25) is 0 Å². The maximum atomic E-state index is 13.6. The summed E-state index contributed by atoms with van der Waals surface area (Å²) in [6.45, 7) is 3.77. The molecule has 3 N–H and O–H groups in total. The summed E-state index contributed by atoms with van der Waals surface area (Å²) in [4.78, 5) is 12.4. The molecule has 2 aromatic rings. The third-order valence-electron chi connectivity index (χ3n) is 3.81. The van der Waals surface area contributed by atoms with Crippen molar-refractivity contribution in [1.82, 2.24) is 5.32 Å². The molecule has 0 aliphatic carbocycles. The van der Waals surface area contributed by atoms with Crippen molar-refractivity contribution in [3.05, 3.63) is 71.0 Å². The van der Waals surface area contributed by atoms with Crippen LogP contribution in [0.1, 0.15) is 35.6 Å². The third kappa shape index (κ3) is 3.71. The number of nitrogens with one attached hydrogen (secondary N) is 1. The standard InChI is InChI=1S/C18H21FN2O/c1-12-8-9-15(10-17(12)19)13(2)21-18(22)16(11-20)14-6-4-3-5-7-14/h3-10,13,16H,11,20H2,1-2H3,(H,21,22)/t13-,16+/m0/s1. The lowest BCUT2D eigenvalue weighted by atomic mass is 9.97. The molecule has 0 saturated carbocycles. The van der Waals surface area contributed by atoms with E-state index < -0.39 is 5.92 Å². The van der Waals surface area contributed by atoms with E-state index >= 15 is 0 Å². The Bertz CT molecular complexity index is 643. The summed E-state index contributed by atoms with van der Waals surface area (Å²) in [7, 11) is 0. The summed E-state index contributed by atoms with van der Waals surface area (Å²) >= 11 is 0. The molecule has 116 valence electrons. The molecule has 0 aliphatic heterocycles. The van der Waals surface area contributed by atoms with Gasteiger partial charge in [0.15, 0.2) is 0 Å². The summed E-state index contributed by atoms with van der Waals surface area (Å²) in [6.07, 6.45) is 0. The largest absolute Gasteiger partial charge is 0.349 e. The first-order valence-electron chi connectivity index (χ1n) is 7.34. The zero-order chi connectivity index (χ0) is 16.1. The second kappa shape index (κ2) is 7.18. The number of amides is 1. The predicted molar refractivity (Wildman–Crippen MR) is 85.9 cm³/mol. The zero-order valence-corrected chi connectivity index (χ0v) is 12.8. The van der Waals surface area contributed by atoms with Gasteiger partial charge in [0.25, 0.3) is 0 Å². The smallest absolute Gasteiger partial charge is 0.229 e. The second-order valence-corrected chi connectivity index (χ2v) is 5.44. The highest BCUT2D eigenvalue weighted by atomic mass is 19.1. The number of benzene rings is 2. The molecule has 0 saturated heterocycles. The maximum Gasteiger partial charge on any atom is 0.229 e. The molecule has 22 heavy (non-hydrogen) atoms. The highest BCUT2D eigenvalue weighted by molar-refractivity contribution is 5.84. The SMILES string of the molecule is Cc1ccc([C@H](C)NC(=O)[C@H](CN)c2ccccc2)cc1F. The van der Waals surface area contributed by atoms with E-state index in [4.69, 9.17) is 5.73 Å². The molecule has 3 nitrogen and oxygen atoms in total. The van der Waals surface area contributed by atoms with Gasteiger partial charge in [-0.15, -0.1) is 0 Å². The van der Waals surface area contributed by atoms with Crippen LogP contribution in [-0.4, -0.2) is 12.5 Å². The normalized spacial score (nSPS) is 13.5. The number of hydrogen-bond acceptors (Lipinski definition) is 2. The van der Waals surface area contributed by atoms with Crippen molar-refractivity contribution in [3.8, 4) is 0 Å². The summed E-state index contributed by atoms with van der Waals surface area (Å²) in [6, 6.07) is 14.1. The van der Waals surface area contributed by atoms with Crippen LogP contribution >= 0.6 is 0 Å². The Hall–Kier alpha value is -2.20. The van der Waals surface area contributed by atoms with E-state index in [-0.39, 0.29) is 24.3 Å². The average molecular weight is 300 g/mol. The van der Waals surface area contributed by atoms with E-state index in [0.29, 0.717) is 5.56 Å². The van der Waals surface area contributed by atoms with Gasteiger partial charge in [0.1, 0.15) is 5.82 Å². The van der Waals surface area contributed by atoms with Crippen molar-refractivity contribution in [3.63, 3.8) is 0 Å². The Morgan fingerprint density at radius 1 is 1.18 bits per heavy atom. The number of halogens is 1. The van der Waals surface area contributed by atoms with Gasteiger partial charge < -0.3 is 11.1 Å². The van der Waals surface area contributed by atoms with Gasteiger partial charge in [-0.2, -0.15) is 0 Å². The minimum Gasteiger partial charge on any atom is -0.349 e. The summed E-state index contributed by atoms with van der Waals surface area (Å²) in [5.74, 6) is -0.821. The molecule has 0 aliphatic rings. The molecule has 0 bridgehead atoms. The van der Waals surface area contributed by atoms with Crippen LogP contribution in [0.3, 0.4) is 0 Å². The van der Waals surface area contributed by atoms with Crippen LogP contribution in [0.25, 0.3) is 0 Å². The van der Waals surface area contributed by atoms with E-state index in [1.165, 1.54) is 6.07 Å². The van der Waals surface area contributed by atoms with Crippen molar-refractivity contribution in [2.45, 2.75) is 25.8 Å². The van der Waals surface area contributed by atoms with E-state index in [2.05, 4.69) is 5.32 Å². The Kier molecular flexibility index (Phi) is 5.28. The van der Waals surface area contributed by atoms with Gasteiger partial charge in [-0.3, -0.25) is 4.79 Å². The number of nitrogens with two attached hydrogens (primary N) is 1. The van der Waals surface area contributed by atoms with Gasteiger partial charge in [-0.1, -0.05) is 42.5 Å². The van der Waals surface area contributed by atoms with Gasteiger partial charge in [0.05, 0.1) is 12.0 Å². The van der Waals surface area contributed by atoms with E-state index in [0.717, 1.165) is 11.1 Å². The third-order valence-corrected chi connectivity index (χ3v) is 3.81. The van der Waals surface area contributed by atoms with Crippen LogP contribution in [0.15, 0.2) is 48.5 Å². The van der Waals surface area contributed by atoms with Crippen molar-refractivity contribution < 1.29 is 9.18 Å². The quantitative estimate of drug-likeness (QED) is 0.891. The number of hydrogen-bond donors (Lipinski definition) is 2. The van der Waals surface area contributed by atoms with Gasteiger partial charge in [-0.25, -0.2) is 4.39 Å². The van der Waals surface area contributed by atoms with Crippen LogP contribution in [0.4, 0.5) is 4.39 Å². The van der Waals surface area contributed by atoms with Gasteiger partial charge >= 0.3 is 0 Å². The molecule has 0 fully saturated rings. The maximum absolute atomic E-state index is 13.6. The summed E-state index contributed by atoms with van der Waals surface area (Å²) < 4.78 is 13.6. The molecular formula is C18H21FN2O. The molecule has 0 unspecified atom stereocenters. The fourth-order valence-corrected chi connectivity index (χ4v) is 2.36. The van der Waals surface area contributed by atoms with Crippen LogP contribution in [-0.2, 0) is 4.79 Å². The van der Waals surface area contributed by atoms with Gasteiger partial charge in [0.2, 0.25) is 5.91 Å². The topological polar surface area (TPSA) is 55.1 Å². The molecule has 2 aromatic carbocycles. The van der Waals surface area contributed by atoms with E-state index in [1.807, 2.05) is 43.3 Å². The Morgan fingerprint density at radius 3 is 2.45 bits per heavy atom. The average Bonchev–Trinajstić information content (AvgIpc) is 2.51. The highest BCUT2D eigenvalue weighted by Crippen LogP contribution is 2.19. The molecular weight excluding hydrogens is 279 g/mol. The lowest BCUT2D eigenvalue weighted by molar-refractivity contribution is -0.123. The van der Waals surface area contributed by atoms with Crippen molar-refractivity contribution in [1.29, 1.82) is 0 Å².